The number of nitrogens with zero attached hydrogens (tertiary/aromatic N) is 2. The molecule has 4 nitrogen and oxygen atoms in total. The van der Waals surface area contributed by atoms with E-state index in [9.17, 15) is 4.79 Å². The number of aryl methyl sites for hydroxylation is 2. The molecule has 2 aromatic heterocycles. The van der Waals surface area contributed by atoms with Crippen molar-refractivity contribution in [1.82, 2.24) is 9.97 Å². The Bertz CT molecular complexity index is 1370. The van der Waals surface area contributed by atoms with Crippen molar-refractivity contribution in [3.05, 3.63) is 113 Å². The van der Waals surface area contributed by atoms with Gasteiger partial charge in [0, 0.05) is 48.0 Å². The fourth-order valence-corrected chi connectivity index (χ4v) is 4.04. The van der Waals surface area contributed by atoms with Crippen LogP contribution in [-0.2, 0) is 12.8 Å². The second kappa shape index (κ2) is 8.83. The number of hydrogen-bond donors (Lipinski definition) is 0. The minimum Gasteiger partial charge on any atom is -0.456 e. The van der Waals surface area contributed by atoms with Crippen LogP contribution >= 0.6 is 0 Å². The first-order chi connectivity index (χ1) is 16.1. The fourth-order valence-electron chi connectivity index (χ4n) is 4.04. The number of fused-ring (bicyclic) bond motifs is 1. The van der Waals surface area contributed by atoms with E-state index >= 15 is 0 Å². The predicted molar refractivity (Wildman–Crippen MR) is 131 cm³/mol. The molecule has 4 aromatic rings. The van der Waals surface area contributed by atoms with Gasteiger partial charge in [0.2, 0.25) is 0 Å². The molecule has 1 aliphatic rings. The van der Waals surface area contributed by atoms with E-state index in [2.05, 4.69) is 17.1 Å². The van der Waals surface area contributed by atoms with E-state index in [1.54, 1.807) is 6.20 Å². The second-order valence-corrected chi connectivity index (χ2v) is 8.39. The summed E-state index contributed by atoms with van der Waals surface area (Å²) in [6, 6.07) is 19.6. The van der Waals surface area contributed by atoms with Gasteiger partial charge in [-0.05, 0) is 49.2 Å². The molecule has 0 aliphatic heterocycles. The molecule has 1 aliphatic carbocycles. The summed E-state index contributed by atoms with van der Waals surface area (Å²) in [5.74, 6) is 1.60. The van der Waals surface area contributed by atoms with Gasteiger partial charge in [0.25, 0.3) is 0 Å². The number of benzene rings is 2. The monoisotopic (exact) mass is 432 g/mol. The molecular formula is C29H24N2O2. The largest absolute Gasteiger partial charge is 0.456 e. The standard InChI is InChI=1S/C29H24N2O2/c1-19-6-3-7-22(14-19)27(32)15-21-12-11-20(2)28(16-21)33-29-17-26(23-8-5-13-30-18-23)31-25-10-4-9-24(25)29/h3-9,11-14,16-18H,10,15H2,1-2H3. The van der Waals surface area contributed by atoms with Crippen molar-refractivity contribution in [3.8, 4) is 22.8 Å². The summed E-state index contributed by atoms with van der Waals surface area (Å²) in [6.45, 7) is 4.01. The Balaban J connectivity index is 1.45. The molecule has 4 heteroatoms. The number of hydrogen-bond acceptors (Lipinski definition) is 4. The zero-order chi connectivity index (χ0) is 22.8. The highest BCUT2D eigenvalue weighted by Gasteiger charge is 2.18. The van der Waals surface area contributed by atoms with Gasteiger partial charge in [0.05, 0.1) is 11.4 Å². The zero-order valence-corrected chi connectivity index (χ0v) is 18.7. The Morgan fingerprint density at radius 3 is 2.73 bits per heavy atom. The number of aromatic nitrogens is 2. The molecule has 0 unspecified atom stereocenters. The van der Waals surface area contributed by atoms with Crippen LogP contribution in [0.15, 0.2) is 79.1 Å². The van der Waals surface area contributed by atoms with Crippen molar-refractivity contribution in [2.75, 3.05) is 0 Å². The lowest BCUT2D eigenvalue weighted by atomic mass is 10.0. The van der Waals surface area contributed by atoms with Crippen molar-refractivity contribution < 1.29 is 9.53 Å². The number of carbonyl (C=O) groups excluding carboxylic acids is 1. The highest BCUT2D eigenvalue weighted by molar-refractivity contribution is 5.97. The van der Waals surface area contributed by atoms with E-state index in [0.717, 1.165) is 62.7 Å². The summed E-state index contributed by atoms with van der Waals surface area (Å²) in [5, 5.41) is 0. The molecule has 0 fully saturated rings. The Labute approximate surface area is 193 Å². The van der Waals surface area contributed by atoms with Crippen LogP contribution in [0.3, 0.4) is 0 Å². The lowest BCUT2D eigenvalue weighted by Gasteiger charge is -2.15. The Morgan fingerprint density at radius 1 is 1.00 bits per heavy atom. The maximum atomic E-state index is 12.8. The minimum atomic E-state index is 0.0973. The quantitative estimate of drug-likeness (QED) is 0.324. The molecule has 2 aromatic carbocycles. The molecule has 162 valence electrons. The predicted octanol–water partition coefficient (Wildman–Crippen LogP) is 6.55. The third kappa shape index (κ3) is 4.46. The SMILES string of the molecule is Cc1cccc(C(=O)Cc2ccc(C)c(Oc3cc(-c4cccnc4)nc4c3C=CC4)c2)c1. The van der Waals surface area contributed by atoms with Gasteiger partial charge < -0.3 is 4.74 Å². The summed E-state index contributed by atoms with van der Waals surface area (Å²) in [6.07, 6.45) is 8.83. The van der Waals surface area contributed by atoms with Crippen molar-refractivity contribution in [3.63, 3.8) is 0 Å². The molecule has 0 saturated carbocycles. The van der Waals surface area contributed by atoms with Crippen LogP contribution in [0.4, 0.5) is 0 Å². The normalized spacial score (nSPS) is 11.9. The van der Waals surface area contributed by atoms with E-state index < -0.39 is 0 Å². The second-order valence-electron chi connectivity index (χ2n) is 8.39. The van der Waals surface area contributed by atoms with Gasteiger partial charge >= 0.3 is 0 Å². The van der Waals surface area contributed by atoms with Crippen molar-refractivity contribution in [2.45, 2.75) is 26.7 Å². The topological polar surface area (TPSA) is 52.1 Å². The fraction of sp³-hybridized carbons (Fsp3) is 0.138. The third-order valence-corrected chi connectivity index (χ3v) is 5.83. The number of ether oxygens (including phenoxy) is 1. The summed E-state index contributed by atoms with van der Waals surface area (Å²) < 4.78 is 6.44. The highest BCUT2D eigenvalue weighted by atomic mass is 16.5. The molecule has 0 saturated heterocycles. The summed E-state index contributed by atoms with van der Waals surface area (Å²) in [4.78, 5) is 21.9. The molecule has 33 heavy (non-hydrogen) atoms. The molecular weight excluding hydrogens is 408 g/mol. The van der Waals surface area contributed by atoms with Gasteiger partial charge in [-0.2, -0.15) is 0 Å². The van der Waals surface area contributed by atoms with Gasteiger partial charge in [0.1, 0.15) is 11.5 Å². The van der Waals surface area contributed by atoms with E-state index in [-0.39, 0.29) is 5.78 Å². The Kier molecular flexibility index (Phi) is 5.57. The molecule has 0 bridgehead atoms. The van der Waals surface area contributed by atoms with Gasteiger partial charge in [-0.1, -0.05) is 48.0 Å². The van der Waals surface area contributed by atoms with E-state index in [1.807, 2.05) is 80.7 Å². The maximum Gasteiger partial charge on any atom is 0.167 e. The van der Waals surface area contributed by atoms with Crippen LogP contribution < -0.4 is 4.74 Å². The van der Waals surface area contributed by atoms with Gasteiger partial charge in [0.15, 0.2) is 5.78 Å². The number of rotatable bonds is 6. The Hall–Kier alpha value is -4.05. The van der Waals surface area contributed by atoms with Crippen molar-refractivity contribution >= 4 is 11.9 Å². The highest BCUT2D eigenvalue weighted by Crippen LogP contribution is 2.36. The number of allylic oxidation sites excluding steroid dienone is 1. The average molecular weight is 433 g/mol. The average Bonchev–Trinajstić information content (AvgIpc) is 3.31. The van der Waals surface area contributed by atoms with Gasteiger partial charge in [-0.15, -0.1) is 0 Å². The molecule has 0 atom stereocenters. The number of carbonyl (C=O) groups is 1. The molecule has 0 amide bonds. The van der Waals surface area contributed by atoms with Crippen LogP contribution in [0.1, 0.15) is 38.3 Å². The molecule has 0 radical (unpaired) electrons. The van der Waals surface area contributed by atoms with Crippen LogP contribution in [0.2, 0.25) is 0 Å². The first kappa shape index (κ1) is 20.8. The Morgan fingerprint density at radius 2 is 1.91 bits per heavy atom. The van der Waals surface area contributed by atoms with Crippen LogP contribution in [0.5, 0.6) is 11.5 Å². The summed E-state index contributed by atoms with van der Waals surface area (Å²) >= 11 is 0. The first-order valence-electron chi connectivity index (χ1n) is 11.0. The lowest BCUT2D eigenvalue weighted by Crippen LogP contribution is -2.04. The van der Waals surface area contributed by atoms with Crippen LogP contribution in [-0.4, -0.2) is 15.8 Å². The van der Waals surface area contributed by atoms with Gasteiger partial charge in [-0.25, -0.2) is 0 Å². The minimum absolute atomic E-state index is 0.0973. The zero-order valence-electron chi connectivity index (χ0n) is 18.7. The summed E-state index contributed by atoms with van der Waals surface area (Å²) in [7, 11) is 0. The van der Waals surface area contributed by atoms with Crippen LogP contribution in [0.25, 0.3) is 17.3 Å². The summed E-state index contributed by atoms with van der Waals surface area (Å²) in [5.41, 5.74) is 7.54. The van der Waals surface area contributed by atoms with E-state index in [0.29, 0.717) is 6.42 Å². The first-order valence-corrected chi connectivity index (χ1v) is 11.0. The van der Waals surface area contributed by atoms with Gasteiger partial charge in [-0.3, -0.25) is 14.8 Å². The number of pyridine rings is 2. The lowest BCUT2D eigenvalue weighted by molar-refractivity contribution is 0.0993. The molecule has 5 rings (SSSR count). The smallest absolute Gasteiger partial charge is 0.167 e. The molecule has 0 spiro atoms. The molecule has 2 heterocycles. The molecule has 0 N–H and O–H groups in total. The van der Waals surface area contributed by atoms with E-state index in [4.69, 9.17) is 9.72 Å². The van der Waals surface area contributed by atoms with Crippen molar-refractivity contribution in [1.29, 1.82) is 0 Å². The third-order valence-electron chi connectivity index (χ3n) is 5.83. The van der Waals surface area contributed by atoms with Crippen LogP contribution in [0, 0.1) is 13.8 Å². The number of Topliss-reactive ketones (excluding diaryl/α,β-unsaturated/α-hetero) is 1. The van der Waals surface area contributed by atoms with Crippen molar-refractivity contribution in [2.24, 2.45) is 0 Å². The maximum absolute atomic E-state index is 12.8. The number of ketones is 1. The van der Waals surface area contributed by atoms with E-state index in [1.165, 1.54) is 0 Å².